The van der Waals surface area contributed by atoms with Crippen molar-refractivity contribution in [2.45, 2.75) is 63.4 Å². The molecule has 3 fully saturated rings. The maximum absolute atomic E-state index is 15.3. The summed E-state index contributed by atoms with van der Waals surface area (Å²) in [7, 11) is 0. The Kier molecular flexibility index (Phi) is 10.1. The van der Waals surface area contributed by atoms with Crippen LogP contribution in [0.3, 0.4) is 0 Å². The van der Waals surface area contributed by atoms with Gasteiger partial charge in [-0.05, 0) is 55.4 Å². The highest BCUT2D eigenvalue weighted by Gasteiger charge is 2.80. The molecule has 8 nitrogen and oxygen atoms in total. The Morgan fingerprint density at radius 1 is 1.00 bits per heavy atom. The van der Waals surface area contributed by atoms with Crippen molar-refractivity contribution in [1.29, 1.82) is 0 Å². The number of likely N-dealkylation sites (tertiary alicyclic amines) is 1. The Labute approximate surface area is 300 Å². The first-order valence-corrected chi connectivity index (χ1v) is 17.7. The van der Waals surface area contributed by atoms with Crippen LogP contribution in [0, 0.1) is 24.7 Å². The molecule has 3 aromatic rings. The minimum atomic E-state index is -1.33. The van der Waals surface area contributed by atoms with Gasteiger partial charge in [-0.25, -0.2) is 0 Å². The van der Waals surface area contributed by atoms with Gasteiger partial charge in [-0.1, -0.05) is 103 Å². The molecule has 3 aliphatic heterocycles. The molecule has 262 valence electrons. The summed E-state index contributed by atoms with van der Waals surface area (Å²) >= 11 is 6.76. The number of anilines is 1. The number of para-hydroxylation sites is 1. The summed E-state index contributed by atoms with van der Waals surface area (Å²) in [6.07, 6.45) is 4.02. The van der Waals surface area contributed by atoms with Crippen LogP contribution >= 0.6 is 11.6 Å². The van der Waals surface area contributed by atoms with Crippen LogP contribution in [0.25, 0.3) is 0 Å². The Morgan fingerprint density at radius 3 is 2.24 bits per heavy atom. The van der Waals surface area contributed by atoms with Gasteiger partial charge in [0.1, 0.15) is 11.6 Å². The van der Waals surface area contributed by atoms with E-state index in [2.05, 4.69) is 13.2 Å². The molecule has 50 heavy (non-hydrogen) atoms. The van der Waals surface area contributed by atoms with Crippen molar-refractivity contribution >= 4 is 35.0 Å². The number of halogens is 1. The molecule has 1 spiro atoms. The number of benzene rings is 3. The van der Waals surface area contributed by atoms with E-state index >= 15 is 9.59 Å². The summed E-state index contributed by atoms with van der Waals surface area (Å²) in [6, 6.07) is 22.8. The van der Waals surface area contributed by atoms with Crippen LogP contribution in [0.5, 0.6) is 0 Å². The zero-order chi connectivity index (χ0) is 35.8. The zero-order valence-electron chi connectivity index (χ0n) is 29.0. The maximum atomic E-state index is 15.3. The number of fused-ring (bicyclic) bond motifs is 1. The molecule has 3 unspecified atom stereocenters. The second-order valence-electron chi connectivity index (χ2n) is 14.1. The van der Waals surface area contributed by atoms with Gasteiger partial charge < -0.3 is 24.5 Å². The highest BCUT2D eigenvalue weighted by atomic mass is 35.5. The van der Waals surface area contributed by atoms with E-state index in [1.807, 2.05) is 93.6 Å². The highest BCUT2D eigenvalue weighted by Crippen LogP contribution is 2.66. The zero-order valence-corrected chi connectivity index (χ0v) is 29.8. The number of carbonyl (C=O) groups is 3. The fourth-order valence-corrected chi connectivity index (χ4v) is 9.11. The molecular weight excluding hydrogens is 650 g/mol. The van der Waals surface area contributed by atoms with Gasteiger partial charge in [0.05, 0.1) is 40.8 Å². The van der Waals surface area contributed by atoms with Crippen molar-refractivity contribution in [2.24, 2.45) is 17.8 Å². The maximum Gasteiger partial charge on any atom is 0.253 e. The number of aliphatic hydroxyl groups excluding tert-OH is 1. The molecule has 0 aliphatic carbocycles. The van der Waals surface area contributed by atoms with Gasteiger partial charge in [-0.2, -0.15) is 0 Å². The topological polar surface area (TPSA) is 90.4 Å². The van der Waals surface area contributed by atoms with Crippen molar-refractivity contribution < 1.29 is 24.2 Å². The second-order valence-corrected chi connectivity index (χ2v) is 14.5. The van der Waals surface area contributed by atoms with E-state index in [1.165, 1.54) is 4.90 Å². The van der Waals surface area contributed by atoms with Crippen LogP contribution in [-0.4, -0.2) is 75.6 Å². The molecular formula is C41H46ClN3O5. The molecule has 3 aliphatic rings. The summed E-state index contributed by atoms with van der Waals surface area (Å²) in [4.78, 5) is 50.2. The Hall–Kier alpha value is -4.24. The molecule has 6 rings (SSSR count). The Balaban J connectivity index is 1.49. The molecule has 3 saturated heterocycles. The molecule has 3 heterocycles. The van der Waals surface area contributed by atoms with Crippen molar-refractivity contribution in [2.75, 3.05) is 24.6 Å². The van der Waals surface area contributed by atoms with Crippen LogP contribution in [-0.2, 0) is 32.1 Å². The number of aryl methyl sites for hydroxylation is 1. The van der Waals surface area contributed by atoms with E-state index in [-0.39, 0.29) is 43.3 Å². The quantitative estimate of drug-likeness (QED) is 0.222. The third-order valence-corrected chi connectivity index (χ3v) is 11.4. The van der Waals surface area contributed by atoms with Gasteiger partial charge in [0.25, 0.3) is 5.91 Å². The SMILES string of the molecule is C=CCN(Cc1ccccc1)C(=O)[C@H]1[C@H]2C(=O)N([C@@H](CO)Cc3ccccc3)C(C(=O)N(CC=C)c3c(C)cccc3Cl)C23CC(C)[C@]1(C)O3. The largest absolute Gasteiger partial charge is 0.394 e. The van der Waals surface area contributed by atoms with Gasteiger partial charge >= 0.3 is 0 Å². The molecule has 7 atom stereocenters. The van der Waals surface area contributed by atoms with Crippen molar-refractivity contribution in [1.82, 2.24) is 9.80 Å². The van der Waals surface area contributed by atoms with Crippen LogP contribution in [0.1, 0.15) is 37.0 Å². The molecule has 0 radical (unpaired) electrons. The summed E-state index contributed by atoms with van der Waals surface area (Å²) in [6.45, 7) is 14.0. The third kappa shape index (κ3) is 5.87. The van der Waals surface area contributed by atoms with E-state index in [9.17, 15) is 9.90 Å². The minimum absolute atomic E-state index is 0.129. The fraction of sp³-hybridized carbons (Fsp3) is 0.390. The molecule has 1 N–H and O–H groups in total. The number of hydrogen-bond donors (Lipinski definition) is 1. The molecule has 0 saturated carbocycles. The lowest BCUT2D eigenvalue weighted by Gasteiger charge is -2.40. The van der Waals surface area contributed by atoms with E-state index in [1.54, 1.807) is 28.0 Å². The summed E-state index contributed by atoms with van der Waals surface area (Å²) < 4.78 is 7.08. The lowest BCUT2D eigenvalue weighted by Crippen LogP contribution is -2.59. The third-order valence-electron chi connectivity index (χ3n) is 11.1. The van der Waals surface area contributed by atoms with E-state index in [0.717, 1.165) is 16.7 Å². The lowest BCUT2D eigenvalue weighted by molar-refractivity contribution is -0.154. The van der Waals surface area contributed by atoms with Crippen molar-refractivity contribution in [3.05, 3.63) is 126 Å². The second kappa shape index (κ2) is 14.2. The van der Waals surface area contributed by atoms with Crippen LogP contribution in [0.4, 0.5) is 5.69 Å². The molecule has 3 aromatic carbocycles. The molecule has 2 bridgehead atoms. The first kappa shape index (κ1) is 35.6. The van der Waals surface area contributed by atoms with Gasteiger partial charge in [0.2, 0.25) is 11.8 Å². The summed E-state index contributed by atoms with van der Waals surface area (Å²) in [5, 5.41) is 11.3. The van der Waals surface area contributed by atoms with Crippen LogP contribution in [0.15, 0.2) is 104 Å². The fourth-order valence-electron chi connectivity index (χ4n) is 8.78. The van der Waals surface area contributed by atoms with Crippen LogP contribution in [0.2, 0.25) is 5.02 Å². The standard InChI is InChI=1S/C41H46ClN3O5/c1-6-21-43(25-30-18-12-9-13-19-30)37(47)33-34-38(48)45(31(26-46)23-29-16-10-8-11-17-29)36(41(34)24-28(4)40(33,5)50-41)39(49)44(22-7-2)35-27(3)15-14-20-32(35)42/h6-20,28,31,33-34,36,46H,1-2,21-26H2,3-5H3/t28?,31-,33-,34+,36?,40+,41?/m1/s1. The summed E-state index contributed by atoms with van der Waals surface area (Å²) in [5.41, 5.74) is 0.818. The minimum Gasteiger partial charge on any atom is -0.394 e. The molecule has 9 heteroatoms. The molecule has 0 aromatic heterocycles. The Bertz CT molecular complexity index is 1750. The van der Waals surface area contributed by atoms with Gasteiger partial charge in [0, 0.05) is 19.6 Å². The smallest absolute Gasteiger partial charge is 0.253 e. The van der Waals surface area contributed by atoms with Gasteiger partial charge in [0.15, 0.2) is 0 Å². The Morgan fingerprint density at radius 2 is 1.64 bits per heavy atom. The van der Waals surface area contributed by atoms with E-state index in [4.69, 9.17) is 16.3 Å². The number of amides is 3. The van der Waals surface area contributed by atoms with Crippen molar-refractivity contribution in [3.8, 4) is 0 Å². The number of nitrogens with zero attached hydrogens (tertiary/aromatic N) is 3. The number of carbonyl (C=O) groups excluding carboxylic acids is 3. The average Bonchev–Trinajstić information content (AvgIpc) is 3.63. The lowest BCUT2D eigenvalue weighted by atomic mass is 9.62. The number of rotatable bonds is 13. The highest BCUT2D eigenvalue weighted by molar-refractivity contribution is 6.34. The van der Waals surface area contributed by atoms with E-state index < -0.39 is 35.1 Å². The molecule has 3 amide bonds. The van der Waals surface area contributed by atoms with Gasteiger partial charge in [-0.15, -0.1) is 13.2 Å². The van der Waals surface area contributed by atoms with Crippen LogP contribution < -0.4 is 4.90 Å². The van der Waals surface area contributed by atoms with Crippen molar-refractivity contribution in [3.63, 3.8) is 0 Å². The van der Waals surface area contributed by atoms with E-state index in [0.29, 0.717) is 30.1 Å². The average molecular weight is 696 g/mol. The first-order chi connectivity index (χ1) is 24.0. The van der Waals surface area contributed by atoms with Gasteiger partial charge in [-0.3, -0.25) is 14.4 Å². The monoisotopic (exact) mass is 695 g/mol. The number of ether oxygens (including phenoxy) is 1. The number of hydrogen-bond acceptors (Lipinski definition) is 5. The first-order valence-electron chi connectivity index (χ1n) is 17.3. The predicted octanol–water partition coefficient (Wildman–Crippen LogP) is 6.00. The summed E-state index contributed by atoms with van der Waals surface area (Å²) in [5.74, 6) is -2.94. The predicted molar refractivity (Wildman–Crippen MR) is 195 cm³/mol. The number of aliphatic hydroxyl groups is 1. The normalized spacial score (nSPS) is 27.1.